The summed E-state index contributed by atoms with van der Waals surface area (Å²) in [5, 5.41) is 5.80. The Morgan fingerprint density at radius 3 is 2.45 bits per heavy atom. The zero-order chi connectivity index (χ0) is 15.2. The largest absolute Gasteiger partial charge is 0.348 e. The van der Waals surface area contributed by atoms with Crippen LogP contribution in [0.1, 0.15) is 32.4 Å². The topological polar surface area (TPSA) is 41.1 Å². The Kier molecular flexibility index (Phi) is 5.72. The molecule has 3 nitrogen and oxygen atoms in total. The van der Waals surface area contributed by atoms with Gasteiger partial charge in [-0.1, -0.05) is 38.8 Å². The summed E-state index contributed by atoms with van der Waals surface area (Å²) in [6.07, 6.45) is 5.11. The van der Waals surface area contributed by atoms with Crippen LogP contribution in [0.3, 0.4) is 0 Å². The minimum atomic E-state index is -0.288. The second-order valence-corrected chi connectivity index (χ2v) is 5.73. The Hall–Kier alpha value is -1.86. The molecule has 1 aromatic rings. The normalized spacial score (nSPS) is 12.6. The van der Waals surface area contributed by atoms with Gasteiger partial charge in [0.25, 0.3) is 0 Å². The molecule has 0 saturated carbocycles. The number of terminal acetylenes is 1. The first-order chi connectivity index (χ1) is 9.34. The van der Waals surface area contributed by atoms with Crippen molar-refractivity contribution in [3.63, 3.8) is 0 Å². The molecule has 1 unspecified atom stereocenters. The second kappa shape index (κ2) is 7.06. The first-order valence-electron chi connectivity index (χ1n) is 6.53. The zero-order valence-corrected chi connectivity index (χ0v) is 12.2. The molecular formula is C16H21FN2O. The fourth-order valence-electron chi connectivity index (χ4n) is 1.92. The molecule has 20 heavy (non-hydrogen) atoms. The van der Waals surface area contributed by atoms with E-state index in [9.17, 15) is 9.18 Å². The summed E-state index contributed by atoms with van der Waals surface area (Å²) < 4.78 is 13.0. The predicted octanol–water partition coefficient (Wildman–Crippen LogP) is 2.25. The zero-order valence-electron chi connectivity index (χ0n) is 12.2. The lowest BCUT2D eigenvalue weighted by Gasteiger charge is -2.32. The molecule has 0 heterocycles. The van der Waals surface area contributed by atoms with Crippen LogP contribution in [0.15, 0.2) is 24.3 Å². The van der Waals surface area contributed by atoms with Crippen molar-refractivity contribution in [1.82, 2.24) is 10.6 Å². The summed E-state index contributed by atoms with van der Waals surface area (Å²) >= 11 is 0. The molecule has 0 aliphatic carbocycles. The van der Waals surface area contributed by atoms with Crippen LogP contribution in [-0.2, 0) is 4.79 Å². The fraction of sp³-hybridized carbons (Fsp3) is 0.438. The van der Waals surface area contributed by atoms with Gasteiger partial charge >= 0.3 is 0 Å². The molecule has 2 N–H and O–H groups in total. The maximum absolute atomic E-state index is 13.0. The molecule has 108 valence electrons. The lowest BCUT2D eigenvalue weighted by molar-refractivity contribution is -0.121. The predicted molar refractivity (Wildman–Crippen MR) is 78.4 cm³/mol. The number of hydrogen-bond donors (Lipinski definition) is 2. The SMILES string of the molecule is C#CCNCC(=O)NC(c1ccc(F)cc1)C(C)(C)C. The Morgan fingerprint density at radius 2 is 1.95 bits per heavy atom. The Balaban J connectivity index is 2.79. The van der Waals surface area contributed by atoms with Crippen LogP contribution >= 0.6 is 0 Å². The maximum atomic E-state index is 13.0. The molecule has 0 spiro atoms. The van der Waals surface area contributed by atoms with E-state index in [-0.39, 0.29) is 29.7 Å². The molecule has 4 heteroatoms. The van der Waals surface area contributed by atoms with E-state index in [1.165, 1.54) is 12.1 Å². The van der Waals surface area contributed by atoms with Gasteiger partial charge in [0.15, 0.2) is 0 Å². The van der Waals surface area contributed by atoms with Gasteiger partial charge in [0.05, 0.1) is 19.1 Å². The summed E-state index contributed by atoms with van der Waals surface area (Å²) in [6.45, 7) is 6.59. The minimum Gasteiger partial charge on any atom is -0.348 e. The summed E-state index contributed by atoms with van der Waals surface area (Å²) in [7, 11) is 0. The summed E-state index contributed by atoms with van der Waals surface area (Å²) in [4.78, 5) is 11.9. The van der Waals surface area contributed by atoms with E-state index in [1.54, 1.807) is 12.1 Å². The Bertz CT molecular complexity index is 483. The standard InChI is InChI=1S/C16H21FN2O/c1-5-10-18-11-14(20)19-15(16(2,3)4)12-6-8-13(17)9-7-12/h1,6-9,15,18H,10-11H2,2-4H3,(H,19,20). The first-order valence-corrected chi connectivity index (χ1v) is 6.53. The van der Waals surface area contributed by atoms with Crippen LogP contribution in [0.5, 0.6) is 0 Å². The third-order valence-electron chi connectivity index (χ3n) is 2.89. The van der Waals surface area contributed by atoms with Crippen molar-refractivity contribution in [3.8, 4) is 12.3 Å². The highest BCUT2D eigenvalue weighted by Crippen LogP contribution is 2.32. The molecule has 1 rings (SSSR count). The van der Waals surface area contributed by atoms with E-state index in [1.807, 2.05) is 20.8 Å². The summed E-state index contributed by atoms with van der Waals surface area (Å²) in [6, 6.07) is 6.00. The van der Waals surface area contributed by atoms with E-state index in [0.717, 1.165) is 5.56 Å². The van der Waals surface area contributed by atoms with Crippen LogP contribution in [-0.4, -0.2) is 19.0 Å². The minimum absolute atomic E-state index is 0.135. The van der Waals surface area contributed by atoms with Gasteiger partial charge in [-0.3, -0.25) is 10.1 Å². The van der Waals surface area contributed by atoms with Crippen molar-refractivity contribution in [2.45, 2.75) is 26.8 Å². The number of amides is 1. The van der Waals surface area contributed by atoms with Gasteiger partial charge in [-0.25, -0.2) is 4.39 Å². The van der Waals surface area contributed by atoms with Crippen molar-refractivity contribution >= 4 is 5.91 Å². The highest BCUT2D eigenvalue weighted by Gasteiger charge is 2.27. The van der Waals surface area contributed by atoms with Crippen molar-refractivity contribution < 1.29 is 9.18 Å². The van der Waals surface area contributed by atoms with Crippen LogP contribution in [0.2, 0.25) is 0 Å². The molecule has 1 atom stereocenters. The number of nitrogens with one attached hydrogen (secondary N) is 2. The highest BCUT2D eigenvalue weighted by molar-refractivity contribution is 5.78. The molecular weight excluding hydrogens is 255 g/mol. The number of rotatable bonds is 5. The third-order valence-corrected chi connectivity index (χ3v) is 2.89. The van der Waals surface area contributed by atoms with E-state index < -0.39 is 0 Å². The average Bonchev–Trinajstić information content (AvgIpc) is 2.36. The number of halogens is 1. The lowest BCUT2D eigenvalue weighted by Crippen LogP contribution is -2.41. The van der Waals surface area contributed by atoms with Gasteiger partial charge in [0.2, 0.25) is 5.91 Å². The molecule has 0 bridgehead atoms. The van der Waals surface area contributed by atoms with Crippen LogP contribution < -0.4 is 10.6 Å². The van der Waals surface area contributed by atoms with Crippen molar-refractivity contribution in [2.75, 3.05) is 13.1 Å². The molecule has 1 amide bonds. The number of benzene rings is 1. The molecule has 0 aromatic heterocycles. The van der Waals surface area contributed by atoms with Gasteiger partial charge in [-0.2, -0.15) is 0 Å². The quantitative estimate of drug-likeness (QED) is 0.640. The maximum Gasteiger partial charge on any atom is 0.234 e. The summed E-state index contributed by atoms with van der Waals surface area (Å²) in [5.74, 6) is 1.99. The van der Waals surface area contributed by atoms with Gasteiger partial charge in [0, 0.05) is 0 Å². The van der Waals surface area contributed by atoms with Crippen molar-refractivity contribution in [2.24, 2.45) is 5.41 Å². The van der Waals surface area contributed by atoms with Crippen molar-refractivity contribution in [3.05, 3.63) is 35.6 Å². The van der Waals surface area contributed by atoms with E-state index in [2.05, 4.69) is 16.6 Å². The number of hydrogen-bond acceptors (Lipinski definition) is 2. The molecule has 0 saturated heterocycles. The van der Waals surface area contributed by atoms with E-state index >= 15 is 0 Å². The van der Waals surface area contributed by atoms with Crippen molar-refractivity contribution in [1.29, 1.82) is 0 Å². The summed E-state index contributed by atoms with van der Waals surface area (Å²) in [5.41, 5.74) is 0.698. The van der Waals surface area contributed by atoms with Crippen LogP contribution in [0, 0.1) is 23.6 Å². The van der Waals surface area contributed by atoms with Crippen LogP contribution in [0.25, 0.3) is 0 Å². The molecule has 0 fully saturated rings. The molecule has 0 aliphatic rings. The van der Waals surface area contributed by atoms with Gasteiger partial charge in [0.1, 0.15) is 5.82 Å². The molecule has 1 aromatic carbocycles. The Morgan fingerprint density at radius 1 is 1.35 bits per heavy atom. The highest BCUT2D eigenvalue weighted by atomic mass is 19.1. The van der Waals surface area contributed by atoms with E-state index in [0.29, 0.717) is 6.54 Å². The monoisotopic (exact) mass is 276 g/mol. The number of carbonyl (C=O) groups excluding carboxylic acids is 1. The first kappa shape index (κ1) is 16.2. The van der Waals surface area contributed by atoms with E-state index in [4.69, 9.17) is 6.42 Å². The van der Waals surface area contributed by atoms with Gasteiger partial charge in [-0.15, -0.1) is 6.42 Å². The molecule has 0 aliphatic heterocycles. The van der Waals surface area contributed by atoms with Gasteiger partial charge in [-0.05, 0) is 23.1 Å². The second-order valence-electron chi connectivity index (χ2n) is 5.73. The third kappa shape index (κ3) is 5.02. The van der Waals surface area contributed by atoms with Gasteiger partial charge < -0.3 is 5.32 Å². The molecule has 0 radical (unpaired) electrons. The lowest BCUT2D eigenvalue weighted by atomic mass is 9.82. The Labute approximate surface area is 120 Å². The van der Waals surface area contributed by atoms with Crippen LogP contribution in [0.4, 0.5) is 4.39 Å². The smallest absolute Gasteiger partial charge is 0.234 e. The number of carbonyl (C=O) groups is 1. The fourth-order valence-corrected chi connectivity index (χ4v) is 1.92. The average molecular weight is 276 g/mol.